The third-order valence-electron chi connectivity index (χ3n) is 6.29. The van der Waals surface area contributed by atoms with Gasteiger partial charge in [0, 0.05) is 25.6 Å². The van der Waals surface area contributed by atoms with Crippen LogP contribution in [-0.2, 0) is 17.8 Å². The number of hydrogen-bond donors (Lipinski definition) is 0. The van der Waals surface area contributed by atoms with Crippen LogP contribution in [0.5, 0.6) is 5.75 Å². The number of nitrogens with zero attached hydrogens (tertiary/aromatic N) is 4. The first-order valence-electron chi connectivity index (χ1n) is 9.93. The molecule has 1 amide bonds. The zero-order valence-corrected chi connectivity index (χ0v) is 16.2. The summed E-state index contributed by atoms with van der Waals surface area (Å²) in [6, 6.07) is 7.77. The molecule has 1 aliphatic heterocycles. The van der Waals surface area contributed by atoms with Crippen LogP contribution in [0.1, 0.15) is 49.9 Å². The first-order valence-corrected chi connectivity index (χ1v) is 9.93. The molecule has 2 fully saturated rings. The van der Waals surface area contributed by atoms with Crippen LogP contribution in [0.2, 0.25) is 0 Å². The van der Waals surface area contributed by atoms with Gasteiger partial charge in [0.05, 0.1) is 13.5 Å². The Labute approximate surface area is 160 Å². The first-order chi connectivity index (χ1) is 13.1. The van der Waals surface area contributed by atoms with E-state index < -0.39 is 0 Å². The smallest absolute Gasteiger partial charge is 0.227 e. The molecular weight excluding hydrogens is 340 g/mol. The molecule has 6 nitrogen and oxygen atoms in total. The summed E-state index contributed by atoms with van der Waals surface area (Å²) in [4.78, 5) is 15.0. The number of rotatable bonds is 6. The highest BCUT2D eigenvalue weighted by atomic mass is 16.5. The predicted octanol–water partition coefficient (Wildman–Crippen LogP) is 3.04. The topological polar surface area (TPSA) is 60.2 Å². The lowest BCUT2D eigenvalue weighted by Crippen LogP contribution is -2.38. The molecule has 27 heavy (non-hydrogen) atoms. The Morgan fingerprint density at radius 1 is 1.30 bits per heavy atom. The summed E-state index contributed by atoms with van der Waals surface area (Å²) in [7, 11) is 1.65. The summed E-state index contributed by atoms with van der Waals surface area (Å²) in [6.07, 6.45) is 6.96. The molecule has 2 aliphatic rings. The van der Waals surface area contributed by atoms with E-state index in [2.05, 4.69) is 26.6 Å². The van der Waals surface area contributed by atoms with Crippen molar-refractivity contribution in [1.29, 1.82) is 0 Å². The Hall–Kier alpha value is -2.37. The largest absolute Gasteiger partial charge is 0.497 e. The van der Waals surface area contributed by atoms with Gasteiger partial charge < -0.3 is 14.2 Å². The summed E-state index contributed by atoms with van der Waals surface area (Å²) >= 11 is 0. The zero-order valence-electron chi connectivity index (χ0n) is 16.2. The molecule has 6 heteroatoms. The van der Waals surface area contributed by atoms with Gasteiger partial charge in [0.25, 0.3) is 0 Å². The normalized spacial score (nSPS) is 20.7. The summed E-state index contributed by atoms with van der Waals surface area (Å²) in [6.45, 7) is 4.72. The van der Waals surface area contributed by atoms with Crippen molar-refractivity contribution in [1.82, 2.24) is 19.7 Å². The fourth-order valence-electron chi connectivity index (χ4n) is 4.63. The number of carbonyl (C=O) groups excluding carboxylic acids is 1. The second kappa shape index (κ2) is 7.33. The zero-order chi connectivity index (χ0) is 18.9. The Balaban J connectivity index is 1.49. The quantitative estimate of drug-likeness (QED) is 0.786. The van der Waals surface area contributed by atoms with Crippen molar-refractivity contribution in [3.05, 3.63) is 42.0 Å². The Morgan fingerprint density at radius 3 is 2.70 bits per heavy atom. The number of ether oxygens (including phenoxy) is 1. The fourth-order valence-corrected chi connectivity index (χ4v) is 4.63. The maximum atomic E-state index is 13.0. The van der Waals surface area contributed by atoms with E-state index in [1.165, 1.54) is 19.3 Å². The number of hydrogen-bond acceptors (Lipinski definition) is 4. The molecule has 2 aromatic rings. The van der Waals surface area contributed by atoms with Crippen LogP contribution in [0.15, 0.2) is 30.6 Å². The highest BCUT2D eigenvalue weighted by molar-refractivity contribution is 5.79. The summed E-state index contributed by atoms with van der Waals surface area (Å²) in [5.41, 5.74) is 1.23. The Bertz CT molecular complexity index is 795. The molecule has 1 atom stereocenters. The van der Waals surface area contributed by atoms with Crippen molar-refractivity contribution in [2.75, 3.05) is 20.2 Å². The number of likely N-dealkylation sites (tertiary alicyclic amines) is 1. The van der Waals surface area contributed by atoms with Crippen LogP contribution in [0, 0.1) is 5.41 Å². The number of carbonyl (C=O) groups is 1. The Kier molecular flexibility index (Phi) is 4.89. The van der Waals surface area contributed by atoms with Gasteiger partial charge in [-0.3, -0.25) is 4.79 Å². The van der Waals surface area contributed by atoms with Crippen LogP contribution >= 0.6 is 0 Å². The summed E-state index contributed by atoms with van der Waals surface area (Å²) in [5.74, 6) is 2.39. The highest BCUT2D eigenvalue weighted by Gasteiger charge is 2.53. The van der Waals surface area contributed by atoms with Crippen molar-refractivity contribution in [2.45, 2.75) is 51.5 Å². The van der Waals surface area contributed by atoms with Gasteiger partial charge in [0.2, 0.25) is 5.91 Å². The summed E-state index contributed by atoms with van der Waals surface area (Å²) < 4.78 is 7.38. The van der Waals surface area contributed by atoms with E-state index in [4.69, 9.17) is 4.74 Å². The molecule has 0 N–H and O–H groups in total. The van der Waals surface area contributed by atoms with E-state index in [-0.39, 0.29) is 11.3 Å². The lowest BCUT2D eigenvalue weighted by Gasteiger charge is -2.42. The van der Waals surface area contributed by atoms with E-state index in [0.717, 1.165) is 43.2 Å². The monoisotopic (exact) mass is 368 g/mol. The van der Waals surface area contributed by atoms with E-state index >= 15 is 0 Å². The van der Waals surface area contributed by atoms with Gasteiger partial charge in [-0.05, 0) is 42.4 Å². The Morgan fingerprint density at radius 2 is 2.07 bits per heavy atom. The minimum Gasteiger partial charge on any atom is -0.497 e. The molecule has 4 rings (SSSR count). The molecule has 1 aromatic carbocycles. The number of amides is 1. The third kappa shape index (κ3) is 3.33. The van der Waals surface area contributed by atoms with Gasteiger partial charge in [-0.25, -0.2) is 0 Å². The van der Waals surface area contributed by atoms with Crippen molar-refractivity contribution in [3.8, 4) is 5.75 Å². The lowest BCUT2D eigenvalue weighted by molar-refractivity contribution is -0.130. The van der Waals surface area contributed by atoms with Gasteiger partial charge >= 0.3 is 0 Å². The van der Waals surface area contributed by atoms with Crippen LogP contribution < -0.4 is 4.74 Å². The molecule has 1 aliphatic carbocycles. The van der Waals surface area contributed by atoms with Crippen molar-refractivity contribution < 1.29 is 9.53 Å². The van der Waals surface area contributed by atoms with Gasteiger partial charge in [-0.15, -0.1) is 10.2 Å². The molecule has 0 bridgehead atoms. The van der Waals surface area contributed by atoms with Crippen LogP contribution in [0.25, 0.3) is 0 Å². The molecule has 1 unspecified atom stereocenters. The molecule has 1 aromatic heterocycles. The third-order valence-corrected chi connectivity index (χ3v) is 6.29. The fraction of sp³-hybridized carbons (Fsp3) is 0.571. The number of benzene rings is 1. The highest BCUT2D eigenvalue weighted by Crippen LogP contribution is 2.55. The van der Waals surface area contributed by atoms with Gasteiger partial charge in [-0.2, -0.15) is 0 Å². The number of aromatic nitrogens is 3. The van der Waals surface area contributed by atoms with E-state index in [1.54, 1.807) is 7.11 Å². The minimum atomic E-state index is 0.202. The molecule has 1 spiro atoms. The number of methoxy groups -OCH3 is 1. The average molecular weight is 368 g/mol. The van der Waals surface area contributed by atoms with Gasteiger partial charge in [0.1, 0.15) is 17.9 Å². The second-order valence-corrected chi connectivity index (χ2v) is 7.95. The van der Waals surface area contributed by atoms with E-state index in [1.807, 2.05) is 30.6 Å². The molecular formula is C21H28N4O2. The maximum absolute atomic E-state index is 13.0. The second-order valence-electron chi connectivity index (χ2n) is 7.95. The molecule has 1 saturated heterocycles. The van der Waals surface area contributed by atoms with Gasteiger partial charge in [0.15, 0.2) is 0 Å². The van der Waals surface area contributed by atoms with Crippen LogP contribution in [-0.4, -0.2) is 45.8 Å². The van der Waals surface area contributed by atoms with Crippen molar-refractivity contribution in [3.63, 3.8) is 0 Å². The van der Waals surface area contributed by atoms with E-state index in [0.29, 0.717) is 12.3 Å². The standard InChI is InChI=1S/C21H28N4O2/c1-3-11-24-15-22-23-20(24)18-13-25(14-21(18)9-4-10-21)19(26)12-16-5-7-17(27-2)8-6-16/h5-8,15,18H,3-4,9-14H2,1-2H3. The minimum absolute atomic E-state index is 0.202. The number of aryl methyl sites for hydroxylation is 1. The van der Waals surface area contributed by atoms with Crippen LogP contribution in [0.3, 0.4) is 0 Å². The van der Waals surface area contributed by atoms with Crippen LogP contribution in [0.4, 0.5) is 0 Å². The van der Waals surface area contributed by atoms with Crippen molar-refractivity contribution in [2.24, 2.45) is 5.41 Å². The van der Waals surface area contributed by atoms with Gasteiger partial charge in [-0.1, -0.05) is 25.5 Å². The maximum Gasteiger partial charge on any atom is 0.227 e. The van der Waals surface area contributed by atoms with E-state index in [9.17, 15) is 4.79 Å². The molecule has 144 valence electrons. The average Bonchev–Trinajstić information content (AvgIpc) is 3.26. The lowest BCUT2D eigenvalue weighted by atomic mass is 9.62. The first kappa shape index (κ1) is 18.0. The SMILES string of the molecule is CCCn1cnnc1C1CN(C(=O)Cc2ccc(OC)cc2)CC12CCC2. The molecule has 0 radical (unpaired) electrons. The summed E-state index contributed by atoms with van der Waals surface area (Å²) in [5, 5.41) is 8.61. The molecule has 2 heterocycles. The predicted molar refractivity (Wildman–Crippen MR) is 103 cm³/mol. The molecule has 1 saturated carbocycles. The van der Waals surface area contributed by atoms with Crippen molar-refractivity contribution >= 4 is 5.91 Å².